The largest absolute Gasteiger partial charge is 0.493 e. The summed E-state index contributed by atoms with van der Waals surface area (Å²) in [5.74, 6) is 1.43. The Balaban J connectivity index is 1.76. The van der Waals surface area contributed by atoms with Crippen LogP contribution >= 0.6 is 0 Å². The highest BCUT2D eigenvalue weighted by Gasteiger charge is 2.30. The third-order valence-electron chi connectivity index (χ3n) is 5.74. The second-order valence-electron chi connectivity index (χ2n) is 7.92. The number of aliphatic hydroxyl groups excluding tert-OH is 1. The standard InChI is InChI=1S/C24H23F3N4O4/c1-13(15-5-7-16(8-6-15)24(25,26)27)31-22-21(17(12-32)30-31)23(33)29-20(28-22)11-14-4-9-18(34-2)19(10-14)35-3/h4-10,13,32H,11-12H2,1-3H3,(H,28,29,33)/t13-/m0/s1. The molecular weight excluding hydrogens is 465 g/mol. The number of benzene rings is 2. The average molecular weight is 488 g/mol. The summed E-state index contributed by atoms with van der Waals surface area (Å²) in [7, 11) is 3.05. The van der Waals surface area contributed by atoms with Gasteiger partial charge >= 0.3 is 6.18 Å². The molecule has 4 aromatic rings. The number of nitrogens with zero attached hydrogens (tertiary/aromatic N) is 3. The number of fused-ring (bicyclic) bond motifs is 1. The van der Waals surface area contributed by atoms with E-state index in [2.05, 4.69) is 15.1 Å². The molecule has 0 saturated carbocycles. The molecule has 0 amide bonds. The third-order valence-corrected chi connectivity index (χ3v) is 5.74. The highest BCUT2D eigenvalue weighted by atomic mass is 19.4. The quantitative estimate of drug-likeness (QED) is 0.410. The Kier molecular flexibility index (Phi) is 6.53. The van der Waals surface area contributed by atoms with Crippen LogP contribution in [-0.2, 0) is 19.2 Å². The van der Waals surface area contributed by atoms with Gasteiger partial charge in [0.05, 0.1) is 32.4 Å². The number of hydrogen-bond donors (Lipinski definition) is 2. The lowest BCUT2D eigenvalue weighted by Gasteiger charge is -2.15. The Morgan fingerprint density at radius 3 is 2.37 bits per heavy atom. The van der Waals surface area contributed by atoms with Gasteiger partial charge in [0.15, 0.2) is 17.1 Å². The fourth-order valence-electron chi connectivity index (χ4n) is 3.90. The van der Waals surface area contributed by atoms with Gasteiger partial charge in [-0.05, 0) is 42.3 Å². The van der Waals surface area contributed by atoms with Crippen LogP contribution in [0.1, 0.15) is 41.2 Å². The van der Waals surface area contributed by atoms with Crippen LogP contribution in [0, 0.1) is 0 Å². The van der Waals surface area contributed by atoms with Crippen molar-refractivity contribution in [3.63, 3.8) is 0 Å². The summed E-state index contributed by atoms with van der Waals surface area (Å²) in [4.78, 5) is 20.2. The Morgan fingerprint density at radius 1 is 1.09 bits per heavy atom. The van der Waals surface area contributed by atoms with Gasteiger partial charge in [-0.15, -0.1) is 0 Å². The van der Waals surface area contributed by atoms with Gasteiger partial charge in [-0.25, -0.2) is 9.67 Å². The van der Waals surface area contributed by atoms with Crippen LogP contribution in [-0.4, -0.2) is 39.1 Å². The number of ether oxygens (including phenoxy) is 2. The van der Waals surface area contributed by atoms with Gasteiger partial charge in [0, 0.05) is 6.42 Å². The van der Waals surface area contributed by atoms with Gasteiger partial charge in [-0.2, -0.15) is 18.3 Å². The Morgan fingerprint density at radius 2 is 1.77 bits per heavy atom. The van der Waals surface area contributed by atoms with E-state index in [9.17, 15) is 23.1 Å². The van der Waals surface area contributed by atoms with E-state index in [1.54, 1.807) is 19.1 Å². The first-order valence-electron chi connectivity index (χ1n) is 10.7. The summed E-state index contributed by atoms with van der Waals surface area (Å²) in [6.45, 7) is 1.23. The van der Waals surface area contributed by atoms with Crippen LogP contribution in [0.3, 0.4) is 0 Å². The lowest BCUT2D eigenvalue weighted by molar-refractivity contribution is -0.137. The van der Waals surface area contributed by atoms with Gasteiger partial charge in [-0.1, -0.05) is 18.2 Å². The highest BCUT2D eigenvalue weighted by Crippen LogP contribution is 2.31. The molecule has 0 fully saturated rings. The monoisotopic (exact) mass is 488 g/mol. The van der Waals surface area contributed by atoms with Crippen molar-refractivity contribution in [2.75, 3.05) is 14.2 Å². The molecule has 8 nitrogen and oxygen atoms in total. The first kappa shape index (κ1) is 24.3. The number of aromatic nitrogens is 4. The zero-order valence-electron chi connectivity index (χ0n) is 19.2. The van der Waals surface area contributed by atoms with E-state index in [4.69, 9.17) is 9.47 Å². The number of alkyl halides is 3. The summed E-state index contributed by atoms with van der Waals surface area (Å²) in [6.07, 6.45) is -4.18. The number of rotatable bonds is 7. The van der Waals surface area contributed by atoms with E-state index < -0.39 is 29.9 Å². The maximum absolute atomic E-state index is 13.0. The fourth-order valence-corrected chi connectivity index (χ4v) is 3.90. The molecule has 0 unspecified atom stereocenters. The second kappa shape index (κ2) is 9.41. The SMILES string of the molecule is COc1ccc(Cc2nc3c(c(CO)nn3[C@@H](C)c3ccc(C(F)(F)F)cc3)c(=O)[nH]2)cc1OC. The van der Waals surface area contributed by atoms with Gasteiger partial charge in [0.25, 0.3) is 5.56 Å². The van der Waals surface area contributed by atoms with Crippen molar-refractivity contribution in [3.8, 4) is 11.5 Å². The van der Waals surface area contributed by atoms with Crippen LogP contribution in [0.5, 0.6) is 11.5 Å². The van der Waals surface area contributed by atoms with Gasteiger partial charge in [-0.3, -0.25) is 4.79 Å². The Bertz CT molecular complexity index is 1410. The minimum atomic E-state index is -4.45. The summed E-state index contributed by atoms with van der Waals surface area (Å²) in [6, 6.07) is 9.47. The Labute approximate surface area is 198 Å². The number of halogens is 3. The molecular formula is C24H23F3N4O4. The second-order valence-corrected chi connectivity index (χ2v) is 7.92. The summed E-state index contributed by atoms with van der Waals surface area (Å²) < 4.78 is 50.9. The Hall–Kier alpha value is -3.86. The molecule has 184 valence electrons. The van der Waals surface area contributed by atoms with Crippen LogP contribution in [0.15, 0.2) is 47.3 Å². The number of nitrogens with one attached hydrogen (secondary N) is 1. The minimum absolute atomic E-state index is 0.127. The molecule has 2 heterocycles. The number of H-pyrrole nitrogens is 1. The average Bonchev–Trinajstić information content (AvgIpc) is 3.22. The molecule has 0 spiro atoms. The highest BCUT2D eigenvalue weighted by molar-refractivity contribution is 5.77. The van der Waals surface area contributed by atoms with Gasteiger partial charge < -0.3 is 19.6 Å². The molecule has 0 aliphatic rings. The predicted octanol–water partition coefficient (Wildman–Crippen LogP) is 3.85. The van der Waals surface area contributed by atoms with Crippen molar-refractivity contribution in [2.24, 2.45) is 0 Å². The maximum atomic E-state index is 13.0. The molecule has 0 saturated heterocycles. The molecule has 2 aromatic carbocycles. The van der Waals surface area contributed by atoms with E-state index in [0.717, 1.165) is 17.7 Å². The molecule has 35 heavy (non-hydrogen) atoms. The smallest absolute Gasteiger partial charge is 0.416 e. The maximum Gasteiger partial charge on any atom is 0.416 e. The molecule has 2 aromatic heterocycles. The van der Waals surface area contributed by atoms with Crippen molar-refractivity contribution in [1.82, 2.24) is 19.7 Å². The number of methoxy groups -OCH3 is 2. The molecule has 0 bridgehead atoms. The molecule has 0 aliphatic carbocycles. The predicted molar refractivity (Wildman–Crippen MR) is 122 cm³/mol. The van der Waals surface area contributed by atoms with E-state index in [0.29, 0.717) is 22.9 Å². The molecule has 1 atom stereocenters. The van der Waals surface area contributed by atoms with Crippen molar-refractivity contribution < 1.29 is 27.8 Å². The normalized spacial score (nSPS) is 12.7. The zero-order chi connectivity index (χ0) is 25.3. The molecule has 0 radical (unpaired) electrons. The van der Waals surface area contributed by atoms with Crippen molar-refractivity contribution in [2.45, 2.75) is 32.2 Å². The van der Waals surface area contributed by atoms with Crippen LogP contribution in [0.2, 0.25) is 0 Å². The van der Waals surface area contributed by atoms with Crippen molar-refractivity contribution >= 4 is 11.0 Å². The van der Waals surface area contributed by atoms with E-state index >= 15 is 0 Å². The van der Waals surface area contributed by atoms with Crippen molar-refractivity contribution in [1.29, 1.82) is 0 Å². The van der Waals surface area contributed by atoms with E-state index in [1.165, 1.54) is 31.0 Å². The molecule has 0 aliphatic heterocycles. The van der Waals surface area contributed by atoms with E-state index in [-0.39, 0.29) is 23.1 Å². The van der Waals surface area contributed by atoms with Gasteiger partial charge in [0.1, 0.15) is 16.9 Å². The van der Waals surface area contributed by atoms with Gasteiger partial charge in [0.2, 0.25) is 0 Å². The lowest BCUT2D eigenvalue weighted by atomic mass is 10.1. The third kappa shape index (κ3) is 4.72. The topological polar surface area (TPSA) is 102 Å². The van der Waals surface area contributed by atoms with Crippen LogP contribution in [0.25, 0.3) is 11.0 Å². The van der Waals surface area contributed by atoms with Crippen LogP contribution < -0.4 is 15.0 Å². The number of aliphatic hydroxyl groups is 1. The van der Waals surface area contributed by atoms with E-state index in [1.807, 2.05) is 6.07 Å². The molecule has 2 N–H and O–H groups in total. The lowest BCUT2D eigenvalue weighted by Crippen LogP contribution is -2.15. The minimum Gasteiger partial charge on any atom is -0.493 e. The summed E-state index contributed by atoms with van der Waals surface area (Å²) >= 11 is 0. The van der Waals surface area contributed by atoms with Crippen molar-refractivity contribution in [3.05, 3.63) is 81.0 Å². The zero-order valence-corrected chi connectivity index (χ0v) is 19.2. The first-order chi connectivity index (χ1) is 16.7. The molecule has 4 rings (SSSR count). The first-order valence-corrected chi connectivity index (χ1v) is 10.7. The number of hydrogen-bond acceptors (Lipinski definition) is 6. The summed E-state index contributed by atoms with van der Waals surface area (Å²) in [5, 5.41) is 14.2. The molecule has 11 heteroatoms. The number of aromatic amines is 1. The fraction of sp³-hybridized carbons (Fsp3) is 0.292. The van der Waals surface area contributed by atoms with Crippen LogP contribution in [0.4, 0.5) is 13.2 Å². The summed E-state index contributed by atoms with van der Waals surface area (Å²) in [5.41, 5.74) is 0.456.